The number of ether oxygens (including phenoxy) is 2. The van der Waals surface area contributed by atoms with E-state index in [1.54, 1.807) is 104 Å². The summed E-state index contributed by atoms with van der Waals surface area (Å²) in [5.74, 6) is -1.35. The number of hydrogen-bond donors (Lipinski definition) is 0. The molecule has 2 heterocycles. The number of para-hydroxylation sites is 2. The maximum absolute atomic E-state index is 13.1. The second-order valence-corrected chi connectivity index (χ2v) is 15.4. The molecule has 0 aliphatic carbocycles. The van der Waals surface area contributed by atoms with Crippen molar-refractivity contribution in [2.45, 2.75) is 105 Å². The van der Waals surface area contributed by atoms with Crippen molar-refractivity contribution in [3.05, 3.63) is 59.7 Å². The number of carbonyl (C=O) groups is 6. The van der Waals surface area contributed by atoms with Gasteiger partial charge < -0.3 is 19.3 Å². The van der Waals surface area contributed by atoms with E-state index in [0.29, 0.717) is 35.3 Å². The molecule has 0 unspecified atom stereocenters. The standard InChI is InChI=1S/2C19H26N2O4/c2*1-12(2)11-15-17(23)20(6)14-10-8-7-9-13(14)16(22)21(15)18(24)25-19(3,4)5/h2*7-10,12,15H,11H2,1-6H3/t2*15-/m00/s1. The summed E-state index contributed by atoms with van der Waals surface area (Å²) >= 11 is 0. The Balaban J connectivity index is 0.000000270. The lowest BCUT2D eigenvalue weighted by atomic mass is 10.0. The molecule has 0 radical (unpaired) electrons. The molecular formula is C38H52N4O8. The SMILES string of the molecule is CC(C)C[C@H]1C(=O)N(C)c2ccccc2C(=O)N1C(=O)OC(C)(C)C.CC(C)C[C@H]1C(=O)N(C)c2ccccc2C(=O)N1C(=O)OC(C)(C)C. The van der Waals surface area contributed by atoms with Crippen LogP contribution in [0.1, 0.15) is 103 Å². The van der Waals surface area contributed by atoms with Gasteiger partial charge >= 0.3 is 12.2 Å². The van der Waals surface area contributed by atoms with Gasteiger partial charge in [0.15, 0.2) is 0 Å². The normalized spacial score (nSPS) is 18.3. The van der Waals surface area contributed by atoms with Crippen LogP contribution in [0.3, 0.4) is 0 Å². The number of anilines is 2. The van der Waals surface area contributed by atoms with Crippen LogP contribution in [0.15, 0.2) is 48.5 Å². The molecule has 0 bridgehead atoms. The summed E-state index contributed by atoms with van der Waals surface area (Å²) in [5.41, 5.74) is 0.0988. The molecule has 0 fully saturated rings. The van der Waals surface area contributed by atoms with Crippen molar-refractivity contribution < 1.29 is 38.2 Å². The van der Waals surface area contributed by atoms with Gasteiger partial charge in [0.05, 0.1) is 22.5 Å². The minimum atomic E-state index is -0.889. The molecule has 0 aromatic heterocycles. The third-order valence-electron chi connectivity index (χ3n) is 7.85. The molecule has 0 saturated carbocycles. The van der Waals surface area contributed by atoms with E-state index in [4.69, 9.17) is 9.47 Å². The van der Waals surface area contributed by atoms with E-state index in [2.05, 4.69) is 0 Å². The molecule has 50 heavy (non-hydrogen) atoms. The first-order valence-corrected chi connectivity index (χ1v) is 16.9. The number of benzene rings is 2. The number of rotatable bonds is 4. The zero-order chi connectivity index (χ0) is 37.9. The van der Waals surface area contributed by atoms with Gasteiger partial charge in [-0.3, -0.25) is 19.2 Å². The van der Waals surface area contributed by atoms with E-state index in [1.165, 1.54) is 9.80 Å². The fraction of sp³-hybridized carbons (Fsp3) is 0.526. The molecule has 0 saturated heterocycles. The second-order valence-electron chi connectivity index (χ2n) is 15.4. The zero-order valence-electron chi connectivity index (χ0n) is 31.4. The van der Waals surface area contributed by atoms with Crippen molar-refractivity contribution in [1.29, 1.82) is 0 Å². The minimum Gasteiger partial charge on any atom is -0.443 e. The molecule has 2 atom stereocenters. The monoisotopic (exact) mass is 692 g/mol. The Labute approximate surface area is 295 Å². The first-order valence-electron chi connectivity index (χ1n) is 16.9. The molecule has 2 aromatic rings. The molecular weight excluding hydrogens is 640 g/mol. The van der Waals surface area contributed by atoms with E-state index in [-0.39, 0.29) is 23.7 Å². The molecule has 2 aliphatic heterocycles. The fourth-order valence-corrected chi connectivity index (χ4v) is 5.69. The summed E-state index contributed by atoms with van der Waals surface area (Å²) in [6, 6.07) is 11.8. The molecule has 272 valence electrons. The van der Waals surface area contributed by atoms with Gasteiger partial charge in [-0.05, 0) is 90.5 Å². The molecule has 2 aromatic carbocycles. The van der Waals surface area contributed by atoms with Gasteiger partial charge in [0.2, 0.25) is 11.8 Å². The number of amides is 6. The minimum absolute atomic E-state index is 0.126. The highest BCUT2D eigenvalue weighted by Crippen LogP contribution is 2.32. The molecule has 6 amide bonds. The smallest absolute Gasteiger partial charge is 0.418 e. The lowest BCUT2D eigenvalue weighted by molar-refractivity contribution is -0.123. The van der Waals surface area contributed by atoms with E-state index in [1.807, 2.05) is 27.7 Å². The van der Waals surface area contributed by atoms with Crippen LogP contribution < -0.4 is 9.80 Å². The van der Waals surface area contributed by atoms with Crippen LogP contribution in [-0.2, 0) is 19.1 Å². The number of hydrogen-bond acceptors (Lipinski definition) is 8. The summed E-state index contributed by atoms with van der Waals surface area (Å²) < 4.78 is 10.8. The third kappa shape index (κ3) is 9.28. The van der Waals surface area contributed by atoms with Gasteiger partial charge in [0.25, 0.3) is 11.8 Å². The largest absolute Gasteiger partial charge is 0.443 e. The van der Waals surface area contributed by atoms with Gasteiger partial charge in [0, 0.05) is 14.1 Å². The number of likely N-dealkylation sites (N-methyl/N-ethyl adjacent to an activating group) is 2. The summed E-state index contributed by atoms with van der Waals surface area (Å²) in [5, 5.41) is 0. The third-order valence-corrected chi connectivity index (χ3v) is 7.85. The van der Waals surface area contributed by atoms with E-state index >= 15 is 0 Å². The van der Waals surface area contributed by atoms with E-state index in [9.17, 15) is 28.8 Å². The Hall–Kier alpha value is -4.74. The predicted molar refractivity (Wildman–Crippen MR) is 191 cm³/mol. The van der Waals surface area contributed by atoms with Crippen molar-refractivity contribution in [2.24, 2.45) is 11.8 Å². The molecule has 4 rings (SSSR count). The van der Waals surface area contributed by atoms with Crippen LogP contribution >= 0.6 is 0 Å². The molecule has 12 heteroatoms. The highest BCUT2D eigenvalue weighted by atomic mass is 16.6. The van der Waals surface area contributed by atoms with Gasteiger partial charge in [0.1, 0.15) is 23.3 Å². The van der Waals surface area contributed by atoms with Crippen LogP contribution in [0, 0.1) is 11.8 Å². The average Bonchev–Trinajstić information content (AvgIpc) is 3.12. The number of imide groups is 2. The average molecular weight is 693 g/mol. The van der Waals surface area contributed by atoms with Gasteiger partial charge in [-0.1, -0.05) is 52.0 Å². The summed E-state index contributed by atoms with van der Waals surface area (Å²) in [6.45, 7) is 18.2. The van der Waals surface area contributed by atoms with Crippen LogP contribution in [-0.4, -0.2) is 83.0 Å². The summed E-state index contributed by atoms with van der Waals surface area (Å²) in [6.07, 6.45) is -0.826. The summed E-state index contributed by atoms with van der Waals surface area (Å²) in [7, 11) is 3.25. The number of carbonyl (C=O) groups excluding carboxylic acids is 6. The second kappa shape index (κ2) is 15.4. The lowest BCUT2D eigenvalue weighted by Crippen LogP contribution is -2.52. The zero-order valence-corrected chi connectivity index (χ0v) is 31.4. The van der Waals surface area contributed by atoms with E-state index < -0.39 is 47.3 Å². The Morgan fingerprint density at radius 2 is 0.900 bits per heavy atom. The quantitative estimate of drug-likeness (QED) is 0.338. The van der Waals surface area contributed by atoms with Crippen molar-refractivity contribution in [3.8, 4) is 0 Å². The fourth-order valence-electron chi connectivity index (χ4n) is 5.69. The van der Waals surface area contributed by atoms with Crippen molar-refractivity contribution in [1.82, 2.24) is 9.80 Å². The van der Waals surface area contributed by atoms with Crippen molar-refractivity contribution >= 4 is 47.2 Å². The highest BCUT2D eigenvalue weighted by Gasteiger charge is 2.45. The van der Waals surface area contributed by atoms with Crippen LogP contribution in [0.2, 0.25) is 0 Å². The van der Waals surface area contributed by atoms with Gasteiger partial charge in [-0.2, -0.15) is 0 Å². The molecule has 0 N–H and O–H groups in total. The molecule has 12 nitrogen and oxygen atoms in total. The maximum Gasteiger partial charge on any atom is 0.418 e. The van der Waals surface area contributed by atoms with E-state index in [0.717, 1.165) is 9.80 Å². The molecule has 0 spiro atoms. The molecule has 2 aliphatic rings. The Morgan fingerprint density at radius 1 is 0.600 bits per heavy atom. The first-order chi connectivity index (χ1) is 23.1. The Bertz CT molecular complexity index is 1500. The van der Waals surface area contributed by atoms with Crippen LogP contribution in [0.4, 0.5) is 21.0 Å². The summed E-state index contributed by atoms with van der Waals surface area (Å²) in [4.78, 5) is 82.5. The van der Waals surface area contributed by atoms with Crippen LogP contribution in [0.25, 0.3) is 0 Å². The van der Waals surface area contributed by atoms with Crippen molar-refractivity contribution in [3.63, 3.8) is 0 Å². The Morgan fingerprint density at radius 3 is 1.18 bits per heavy atom. The highest BCUT2D eigenvalue weighted by molar-refractivity contribution is 6.16. The van der Waals surface area contributed by atoms with Gasteiger partial charge in [-0.15, -0.1) is 0 Å². The van der Waals surface area contributed by atoms with Gasteiger partial charge in [-0.25, -0.2) is 19.4 Å². The maximum atomic E-state index is 13.1. The number of nitrogens with zero attached hydrogens (tertiary/aromatic N) is 4. The topological polar surface area (TPSA) is 134 Å². The Kier molecular flexibility index (Phi) is 12.3. The number of fused-ring (bicyclic) bond motifs is 2. The van der Waals surface area contributed by atoms with Crippen LogP contribution in [0.5, 0.6) is 0 Å². The lowest BCUT2D eigenvalue weighted by Gasteiger charge is -2.31. The predicted octanol–water partition coefficient (Wildman–Crippen LogP) is 6.91. The van der Waals surface area contributed by atoms with Crippen molar-refractivity contribution in [2.75, 3.05) is 23.9 Å². The first kappa shape index (κ1) is 39.7.